The van der Waals surface area contributed by atoms with Crippen LogP contribution in [0.3, 0.4) is 0 Å². The van der Waals surface area contributed by atoms with E-state index in [9.17, 15) is 21.6 Å². The zero-order valence-corrected chi connectivity index (χ0v) is 13.1. The van der Waals surface area contributed by atoms with Crippen LogP contribution in [0.5, 0.6) is 5.75 Å². The van der Waals surface area contributed by atoms with Crippen molar-refractivity contribution in [3.8, 4) is 5.75 Å². The molecule has 124 valence electrons. The Balaban J connectivity index is 2.42. The molecule has 0 saturated carbocycles. The highest BCUT2D eigenvalue weighted by Gasteiger charge is 2.31. The Kier molecular flexibility index (Phi) is 4.56. The molecule has 0 heterocycles. The number of alkyl halides is 3. The maximum Gasteiger partial charge on any atom is 0.416 e. The highest BCUT2D eigenvalue weighted by atomic mass is 32.2. The van der Waals surface area contributed by atoms with Crippen LogP contribution >= 0.6 is 0 Å². The minimum absolute atomic E-state index is 0.107. The van der Waals surface area contributed by atoms with Gasteiger partial charge in [0.05, 0.1) is 12.7 Å². The lowest BCUT2D eigenvalue weighted by Gasteiger charge is -2.13. The van der Waals surface area contributed by atoms with Gasteiger partial charge in [-0.25, -0.2) is 8.42 Å². The van der Waals surface area contributed by atoms with E-state index in [4.69, 9.17) is 4.74 Å². The van der Waals surface area contributed by atoms with Crippen LogP contribution in [0.1, 0.15) is 11.1 Å². The molecule has 0 radical (unpaired) electrons. The standard InChI is InChI=1S/C15H14F3NO3S/c1-10-6-7-13(22-2)14(8-10)23(20,21)19-12-5-3-4-11(9-12)15(16,17)18/h3-9,19H,1-2H3. The van der Waals surface area contributed by atoms with E-state index < -0.39 is 21.8 Å². The van der Waals surface area contributed by atoms with Crippen molar-refractivity contribution in [2.45, 2.75) is 18.0 Å². The molecule has 8 heteroatoms. The first-order valence-electron chi connectivity index (χ1n) is 6.48. The Labute approximate surface area is 132 Å². The van der Waals surface area contributed by atoms with E-state index in [2.05, 4.69) is 4.72 Å². The molecule has 1 N–H and O–H groups in total. The summed E-state index contributed by atoms with van der Waals surface area (Å²) in [4.78, 5) is -0.141. The summed E-state index contributed by atoms with van der Waals surface area (Å²) in [7, 11) is -2.77. The van der Waals surface area contributed by atoms with Gasteiger partial charge in [0.15, 0.2) is 0 Å². The smallest absolute Gasteiger partial charge is 0.416 e. The van der Waals surface area contributed by atoms with Gasteiger partial charge in [-0.05, 0) is 42.8 Å². The number of methoxy groups -OCH3 is 1. The third-order valence-corrected chi connectivity index (χ3v) is 4.45. The number of nitrogens with one attached hydrogen (secondary N) is 1. The number of rotatable bonds is 4. The zero-order valence-electron chi connectivity index (χ0n) is 12.3. The number of ether oxygens (including phenoxy) is 1. The fourth-order valence-electron chi connectivity index (χ4n) is 1.96. The fraction of sp³-hybridized carbons (Fsp3) is 0.200. The van der Waals surface area contributed by atoms with Crippen LogP contribution in [0.2, 0.25) is 0 Å². The van der Waals surface area contributed by atoms with Gasteiger partial charge in [0, 0.05) is 5.69 Å². The summed E-state index contributed by atoms with van der Waals surface area (Å²) >= 11 is 0. The average molecular weight is 345 g/mol. The highest BCUT2D eigenvalue weighted by molar-refractivity contribution is 7.92. The molecule has 0 unspecified atom stereocenters. The normalized spacial score (nSPS) is 12.0. The lowest BCUT2D eigenvalue weighted by atomic mass is 10.2. The van der Waals surface area contributed by atoms with Gasteiger partial charge in [-0.2, -0.15) is 13.2 Å². The molecule has 0 aromatic heterocycles. The molecule has 0 bridgehead atoms. The van der Waals surface area contributed by atoms with Crippen molar-refractivity contribution < 1.29 is 26.3 Å². The quantitative estimate of drug-likeness (QED) is 0.916. The van der Waals surface area contributed by atoms with Gasteiger partial charge >= 0.3 is 6.18 Å². The van der Waals surface area contributed by atoms with Crippen LogP contribution < -0.4 is 9.46 Å². The third-order valence-electron chi connectivity index (χ3n) is 3.05. The Morgan fingerprint density at radius 2 is 1.78 bits per heavy atom. The Hall–Kier alpha value is -2.22. The second-order valence-electron chi connectivity index (χ2n) is 4.84. The minimum atomic E-state index is -4.55. The first-order chi connectivity index (χ1) is 10.6. The monoisotopic (exact) mass is 345 g/mol. The summed E-state index contributed by atoms with van der Waals surface area (Å²) < 4.78 is 70.1. The molecule has 0 aliphatic heterocycles. The van der Waals surface area contributed by atoms with Crippen molar-refractivity contribution in [1.29, 1.82) is 0 Å². The second-order valence-corrected chi connectivity index (χ2v) is 6.49. The van der Waals surface area contributed by atoms with Gasteiger partial charge in [-0.3, -0.25) is 4.72 Å². The van der Waals surface area contributed by atoms with Gasteiger partial charge in [0.2, 0.25) is 0 Å². The SMILES string of the molecule is COc1ccc(C)cc1S(=O)(=O)Nc1cccc(C(F)(F)F)c1. The summed E-state index contributed by atoms with van der Waals surface area (Å²) in [5.41, 5.74) is -0.437. The van der Waals surface area contributed by atoms with E-state index >= 15 is 0 Å². The fourth-order valence-corrected chi connectivity index (χ4v) is 3.27. The minimum Gasteiger partial charge on any atom is -0.495 e. The van der Waals surface area contributed by atoms with Crippen LogP contribution in [0.25, 0.3) is 0 Å². The summed E-state index contributed by atoms with van der Waals surface area (Å²) in [6, 6.07) is 8.51. The Morgan fingerprint density at radius 1 is 1.09 bits per heavy atom. The number of aryl methyl sites for hydroxylation is 1. The van der Waals surface area contributed by atoms with E-state index in [1.165, 1.54) is 25.3 Å². The molecule has 2 aromatic carbocycles. The van der Waals surface area contributed by atoms with Gasteiger partial charge in [0.25, 0.3) is 10.0 Å². The molecule has 0 spiro atoms. The van der Waals surface area contributed by atoms with E-state index in [0.29, 0.717) is 5.56 Å². The Bertz CT molecular complexity index is 817. The molecule has 0 fully saturated rings. The second kappa shape index (κ2) is 6.11. The lowest BCUT2D eigenvalue weighted by molar-refractivity contribution is -0.137. The summed E-state index contributed by atoms with van der Waals surface area (Å²) in [5, 5.41) is 0. The van der Waals surface area contributed by atoms with Crippen LogP contribution in [0, 0.1) is 6.92 Å². The number of hydrogen-bond acceptors (Lipinski definition) is 3. The van der Waals surface area contributed by atoms with Crippen molar-refractivity contribution in [3.63, 3.8) is 0 Å². The summed E-state index contributed by atoms with van der Waals surface area (Å²) in [6.07, 6.45) is -4.55. The van der Waals surface area contributed by atoms with E-state index in [1.54, 1.807) is 13.0 Å². The van der Waals surface area contributed by atoms with Crippen molar-refractivity contribution in [3.05, 3.63) is 53.6 Å². The Morgan fingerprint density at radius 3 is 2.39 bits per heavy atom. The van der Waals surface area contributed by atoms with Crippen LogP contribution in [0.4, 0.5) is 18.9 Å². The topological polar surface area (TPSA) is 55.4 Å². The maximum atomic E-state index is 12.7. The molecule has 2 aromatic rings. The number of hydrogen-bond donors (Lipinski definition) is 1. The van der Waals surface area contributed by atoms with E-state index in [0.717, 1.165) is 18.2 Å². The van der Waals surface area contributed by atoms with Crippen molar-refractivity contribution >= 4 is 15.7 Å². The zero-order chi connectivity index (χ0) is 17.3. The van der Waals surface area contributed by atoms with Gasteiger partial charge in [0.1, 0.15) is 10.6 Å². The number of benzene rings is 2. The first kappa shape index (κ1) is 17.1. The van der Waals surface area contributed by atoms with E-state index in [1.807, 2.05) is 0 Å². The molecule has 2 rings (SSSR count). The molecule has 0 atom stereocenters. The van der Waals surface area contributed by atoms with Crippen molar-refractivity contribution in [1.82, 2.24) is 0 Å². The van der Waals surface area contributed by atoms with E-state index in [-0.39, 0.29) is 16.3 Å². The molecule has 0 aliphatic carbocycles. The van der Waals surface area contributed by atoms with Crippen molar-refractivity contribution in [2.75, 3.05) is 11.8 Å². The van der Waals surface area contributed by atoms with Crippen LogP contribution in [-0.4, -0.2) is 15.5 Å². The van der Waals surface area contributed by atoms with Gasteiger partial charge in [-0.15, -0.1) is 0 Å². The lowest BCUT2D eigenvalue weighted by Crippen LogP contribution is -2.15. The van der Waals surface area contributed by atoms with Gasteiger partial charge in [-0.1, -0.05) is 12.1 Å². The molecule has 0 aliphatic rings. The molecular formula is C15H14F3NO3S. The number of halogens is 3. The van der Waals surface area contributed by atoms with Gasteiger partial charge < -0.3 is 4.74 Å². The molecule has 0 saturated heterocycles. The predicted molar refractivity (Wildman–Crippen MR) is 80.0 cm³/mol. The maximum absolute atomic E-state index is 12.7. The third kappa shape index (κ3) is 3.95. The molecule has 0 amide bonds. The predicted octanol–water partition coefficient (Wildman–Crippen LogP) is 3.82. The summed E-state index contributed by atoms with van der Waals surface area (Å²) in [5.74, 6) is 0.107. The first-order valence-corrected chi connectivity index (χ1v) is 7.96. The van der Waals surface area contributed by atoms with Crippen molar-refractivity contribution in [2.24, 2.45) is 0 Å². The molecule has 23 heavy (non-hydrogen) atoms. The average Bonchev–Trinajstić information content (AvgIpc) is 2.46. The van der Waals surface area contributed by atoms with Crippen LogP contribution in [0.15, 0.2) is 47.4 Å². The number of anilines is 1. The summed E-state index contributed by atoms with van der Waals surface area (Å²) in [6.45, 7) is 1.70. The molecular weight excluding hydrogens is 331 g/mol. The molecule has 4 nitrogen and oxygen atoms in total. The van der Waals surface area contributed by atoms with Crippen LogP contribution in [-0.2, 0) is 16.2 Å². The largest absolute Gasteiger partial charge is 0.495 e. The highest BCUT2D eigenvalue weighted by Crippen LogP contribution is 2.32. The number of sulfonamides is 1.